The van der Waals surface area contributed by atoms with Crippen LogP contribution in [0.5, 0.6) is 0 Å². The third-order valence-corrected chi connectivity index (χ3v) is 3.62. The monoisotopic (exact) mass is 418 g/mol. The molecule has 0 radical (unpaired) electrons. The van der Waals surface area contributed by atoms with Crippen molar-refractivity contribution in [2.24, 2.45) is 17.2 Å². The molecule has 0 heterocycles. The predicted octanol–water partition coefficient (Wildman–Crippen LogP) is -4.99. The van der Waals surface area contributed by atoms with Crippen molar-refractivity contribution in [3.05, 3.63) is 0 Å². The first-order chi connectivity index (χ1) is 13.4. The van der Waals surface area contributed by atoms with Crippen LogP contribution in [0, 0.1) is 0 Å². The van der Waals surface area contributed by atoms with Crippen LogP contribution in [0.15, 0.2) is 0 Å². The van der Waals surface area contributed by atoms with E-state index in [0.717, 1.165) is 0 Å². The van der Waals surface area contributed by atoms with Crippen LogP contribution in [0.25, 0.3) is 0 Å². The molecule has 0 aromatic carbocycles. The lowest BCUT2D eigenvalue weighted by atomic mass is 10.1. The first-order valence-electron chi connectivity index (χ1n) is 8.46. The predicted molar refractivity (Wildman–Crippen MR) is 96.4 cm³/mol. The van der Waals surface area contributed by atoms with Gasteiger partial charge in [0.2, 0.25) is 29.5 Å². The minimum absolute atomic E-state index is 0.257. The van der Waals surface area contributed by atoms with Gasteiger partial charge in [-0.25, -0.2) is 4.79 Å². The second kappa shape index (κ2) is 12.2. The summed E-state index contributed by atoms with van der Waals surface area (Å²) in [7, 11) is 0. The summed E-state index contributed by atoms with van der Waals surface area (Å²) in [5.41, 5.74) is 15.4. The van der Waals surface area contributed by atoms with E-state index in [9.17, 15) is 28.8 Å². The van der Waals surface area contributed by atoms with Crippen LogP contribution in [0.4, 0.5) is 0 Å². The van der Waals surface area contributed by atoms with Crippen LogP contribution in [-0.2, 0) is 28.8 Å². The van der Waals surface area contributed by atoms with Gasteiger partial charge < -0.3 is 43.4 Å². The molecule has 0 aliphatic carbocycles. The Balaban J connectivity index is 5.07. The first kappa shape index (κ1) is 25.7. The highest BCUT2D eigenvalue weighted by atomic mass is 16.4. The van der Waals surface area contributed by atoms with E-state index >= 15 is 0 Å². The summed E-state index contributed by atoms with van der Waals surface area (Å²) in [6.07, 6.45) is -1.01. The zero-order valence-corrected chi connectivity index (χ0v) is 15.7. The Labute approximate surface area is 165 Å². The van der Waals surface area contributed by atoms with E-state index in [1.807, 2.05) is 5.32 Å². The largest absolute Gasteiger partial charge is 0.480 e. The van der Waals surface area contributed by atoms with Crippen molar-refractivity contribution in [1.82, 2.24) is 16.0 Å². The van der Waals surface area contributed by atoms with Gasteiger partial charge in [-0.3, -0.25) is 24.0 Å². The fourth-order valence-electron chi connectivity index (χ4n) is 2.01. The molecule has 0 aromatic rings. The quantitative estimate of drug-likeness (QED) is 0.142. The molecular weight excluding hydrogens is 392 g/mol. The number of aliphatic carboxylic acids is 1. The van der Waals surface area contributed by atoms with Crippen molar-refractivity contribution in [2.45, 2.75) is 50.4 Å². The molecule has 4 unspecified atom stereocenters. The summed E-state index contributed by atoms with van der Waals surface area (Å²) >= 11 is 0. The Morgan fingerprint density at radius 1 is 0.862 bits per heavy atom. The Morgan fingerprint density at radius 3 is 1.86 bits per heavy atom. The zero-order chi connectivity index (χ0) is 22.7. The van der Waals surface area contributed by atoms with Crippen LogP contribution in [-0.4, -0.2) is 76.5 Å². The fraction of sp³-hybridized carbons (Fsp3) is 0.600. The maximum atomic E-state index is 12.3. The number of carboxylic acid groups (broad SMARTS) is 1. The zero-order valence-electron chi connectivity index (χ0n) is 15.7. The number of nitrogens with one attached hydrogen (secondary N) is 3. The van der Waals surface area contributed by atoms with Gasteiger partial charge in [0.05, 0.1) is 19.1 Å². The number of aliphatic hydroxyl groups is 1. The summed E-state index contributed by atoms with van der Waals surface area (Å²) in [5, 5.41) is 24.3. The summed E-state index contributed by atoms with van der Waals surface area (Å²) in [5.74, 6) is -5.77. The van der Waals surface area contributed by atoms with Crippen molar-refractivity contribution in [3.8, 4) is 0 Å². The number of aliphatic hydroxyl groups excluding tert-OH is 1. The molecule has 0 aliphatic heterocycles. The molecule has 0 fully saturated rings. The second-order valence-electron chi connectivity index (χ2n) is 6.16. The number of carboxylic acids is 1. The summed E-state index contributed by atoms with van der Waals surface area (Å²) < 4.78 is 0. The van der Waals surface area contributed by atoms with Gasteiger partial charge in [-0.2, -0.15) is 0 Å². The van der Waals surface area contributed by atoms with Crippen molar-refractivity contribution in [3.63, 3.8) is 0 Å². The van der Waals surface area contributed by atoms with Crippen molar-refractivity contribution >= 4 is 35.5 Å². The number of hydrogen-bond donors (Lipinski definition) is 8. The van der Waals surface area contributed by atoms with Gasteiger partial charge in [0, 0.05) is 6.42 Å². The average Bonchev–Trinajstić information content (AvgIpc) is 2.61. The molecule has 4 atom stereocenters. The number of carbonyl (C=O) groups excluding carboxylic acids is 5. The lowest BCUT2D eigenvalue weighted by Crippen LogP contribution is -2.57. The van der Waals surface area contributed by atoms with Gasteiger partial charge in [0.25, 0.3) is 0 Å². The standard InChI is InChI=1S/C15H26N6O8/c1-6(19-13(26)7(16)4-11(18)24)12(25)20-8(2-3-10(17)23)14(27)21-9(5-22)15(28)29/h6-9,22H,2-5,16H2,1H3,(H2,17,23)(H2,18,24)(H,19,26)(H,20,25)(H,21,27)(H,28,29). The molecule has 29 heavy (non-hydrogen) atoms. The molecule has 0 spiro atoms. The van der Waals surface area contributed by atoms with E-state index in [4.69, 9.17) is 27.4 Å². The SMILES string of the molecule is CC(NC(=O)C(N)CC(N)=O)C(=O)NC(CCC(N)=O)C(=O)NC(CO)C(=O)O. The summed E-state index contributed by atoms with van der Waals surface area (Å²) in [6, 6.07) is -5.47. The lowest BCUT2D eigenvalue weighted by molar-refractivity contribution is -0.143. The highest BCUT2D eigenvalue weighted by Gasteiger charge is 2.28. The van der Waals surface area contributed by atoms with Gasteiger partial charge in [0.15, 0.2) is 0 Å². The third-order valence-electron chi connectivity index (χ3n) is 3.62. The molecule has 164 valence electrons. The molecule has 0 aromatic heterocycles. The molecule has 0 saturated carbocycles. The van der Waals surface area contributed by atoms with Crippen LogP contribution in [0.1, 0.15) is 26.2 Å². The van der Waals surface area contributed by atoms with E-state index in [1.165, 1.54) is 6.92 Å². The summed E-state index contributed by atoms with van der Waals surface area (Å²) in [6.45, 7) is 0.364. The van der Waals surface area contributed by atoms with Gasteiger partial charge in [-0.1, -0.05) is 0 Å². The van der Waals surface area contributed by atoms with E-state index in [1.54, 1.807) is 0 Å². The Hall–Kier alpha value is -3.26. The highest BCUT2D eigenvalue weighted by molar-refractivity contribution is 5.95. The van der Waals surface area contributed by atoms with Crippen LogP contribution >= 0.6 is 0 Å². The number of primary amides is 2. The van der Waals surface area contributed by atoms with Gasteiger partial charge in [-0.15, -0.1) is 0 Å². The number of carbonyl (C=O) groups is 6. The molecule has 14 nitrogen and oxygen atoms in total. The number of rotatable bonds is 13. The first-order valence-corrected chi connectivity index (χ1v) is 8.46. The smallest absolute Gasteiger partial charge is 0.328 e. The van der Waals surface area contributed by atoms with Crippen molar-refractivity contribution in [1.29, 1.82) is 0 Å². The topological polar surface area (TPSA) is 257 Å². The molecule has 0 aliphatic rings. The maximum absolute atomic E-state index is 12.3. The van der Waals surface area contributed by atoms with Gasteiger partial charge in [-0.05, 0) is 13.3 Å². The molecular formula is C15H26N6O8. The number of amides is 5. The normalized spacial score (nSPS) is 14.6. The minimum atomic E-state index is -1.63. The van der Waals surface area contributed by atoms with Crippen LogP contribution in [0.3, 0.4) is 0 Å². The molecule has 5 amide bonds. The second-order valence-corrected chi connectivity index (χ2v) is 6.16. The Bertz CT molecular complexity index is 655. The van der Waals surface area contributed by atoms with Crippen molar-refractivity contribution in [2.75, 3.05) is 6.61 Å². The number of nitrogens with two attached hydrogens (primary N) is 3. The van der Waals surface area contributed by atoms with E-state index < -0.39 is 72.7 Å². The van der Waals surface area contributed by atoms with Crippen LogP contribution in [0.2, 0.25) is 0 Å². The van der Waals surface area contributed by atoms with Crippen LogP contribution < -0.4 is 33.2 Å². The molecule has 0 saturated heterocycles. The number of hydrogen-bond acceptors (Lipinski definition) is 8. The average molecular weight is 418 g/mol. The summed E-state index contributed by atoms with van der Waals surface area (Å²) in [4.78, 5) is 69.0. The van der Waals surface area contributed by atoms with Gasteiger partial charge >= 0.3 is 5.97 Å². The highest BCUT2D eigenvalue weighted by Crippen LogP contribution is 2.00. The third kappa shape index (κ3) is 10.0. The molecule has 0 rings (SSSR count). The Morgan fingerprint density at radius 2 is 1.41 bits per heavy atom. The molecule has 14 heteroatoms. The Kier molecular flexibility index (Phi) is 10.9. The maximum Gasteiger partial charge on any atom is 0.328 e. The lowest BCUT2D eigenvalue weighted by Gasteiger charge is -2.23. The van der Waals surface area contributed by atoms with E-state index in [0.29, 0.717) is 0 Å². The van der Waals surface area contributed by atoms with Gasteiger partial charge in [0.1, 0.15) is 18.1 Å². The van der Waals surface area contributed by atoms with Crippen molar-refractivity contribution < 1.29 is 39.0 Å². The van der Waals surface area contributed by atoms with E-state index in [-0.39, 0.29) is 12.8 Å². The fourth-order valence-corrected chi connectivity index (χ4v) is 2.01. The molecule has 11 N–H and O–H groups in total. The molecule has 0 bridgehead atoms. The minimum Gasteiger partial charge on any atom is -0.480 e. The van der Waals surface area contributed by atoms with E-state index in [2.05, 4.69) is 10.6 Å².